The van der Waals surface area contributed by atoms with Gasteiger partial charge in [-0.2, -0.15) is 0 Å². The van der Waals surface area contributed by atoms with Gasteiger partial charge in [0.15, 0.2) is 6.61 Å². The Labute approximate surface area is 477 Å². The van der Waals surface area contributed by atoms with E-state index in [1.54, 1.807) is 83.3 Å². The molecule has 0 spiro atoms. The molecule has 0 aromatic carbocycles. The van der Waals surface area contributed by atoms with Gasteiger partial charge in [-0.25, -0.2) is 14.0 Å². The summed E-state index contributed by atoms with van der Waals surface area (Å²) in [7, 11) is 0. The number of ether oxygens (including phenoxy) is 4. The first-order chi connectivity index (χ1) is 35.4. The van der Waals surface area contributed by atoms with E-state index in [0.717, 1.165) is 25.7 Å². The zero-order valence-electron chi connectivity index (χ0n) is 45.1. The summed E-state index contributed by atoms with van der Waals surface area (Å²) in [6.07, 6.45) is 15.5. The zero-order valence-corrected chi connectivity index (χ0v) is 51.4. The van der Waals surface area contributed by atoms with Crippen LogP contribution in [0.25, 0.3) is 31.3 Å². The number of terminal acetylenes is 1. The summed E-state index contributed by atoms with van der Waals surface area (Å²) in [6.45, 7) is 21.7. The molecule has 0 saturated carbocycles. The molecule has 76 heavy (non-hydrogen) atoms. The largest absolute Gasteiger partial charge is 0.458 e. The van der Waals surface area contributed by atoms with Crippen molar-refractivity contribution in [2.24, 2.45) is 15.3 Å². The summed E-state index contributed by atoms with van der Waals surface area (Å²) in [4.78, 5) is 55.6. The van der Waals surface area contributed by atoms with Crippen molar-refractivity contribution >= 4 is 87.6 Å². The van der Waals surface area contributed by atoms with Crippen molar-refractivity contribution in [2.75, 3.05) is 6.61 Å². The van der Waals surface area contributed by atoms with Crippen LogP contribution in [-0.4, -0.2) is 111 Å². The highest BCUT2D eigenvalue weighted by molar-refractivity contribution is 9.10. The normalized spacial score (nSPS) is 13.8. The second kappa shape index (κ2) is 33.8. The third-order valence-corrected chi connectivity index (χ3v) is 12.0. The van der Waals surface area contributed by atoms with Crippen molar-refractivity contribution in [2.45, 2.75) is 208 Å². The van der Waals surface area contributed by atoms with Gasteiger partial charge in [0.2, 0.25) is 0 Å². The van der Waals surface area contributed by atoms with Crippen molar-refractivity contribution in [3.63, 3.8) is 0 Å². The maximum atomic E-state index is 12.2. The highest BCUT2D eigenvalue weighted by Gasteiger charge is 2.29. The Balaban J connectivity index is 0.000000842. The minimum atomic E-state index is -0.807. The summed E-state index contributed by atoms with van der Waals surface area (Å²) in [6, 6.07) is -0.784. The van der Waals surface area contributed by atoms with Gasteiger partial charge in [0.25, 0.3) is 0 Å². The van der Waals surface area contributed by atoms with E-state index in [0.29, 0.717) is 42.8 Å². The van der Waals surface area contributed by atoms with Crippen LogP contribution in [0.1, 0.15) is 170 Å². The van der Waals surface area contributed by atoms with E-state index in [1.165, 1.54) is 0 Å². The molecule has 0 aliphatic heterocycles. The van der Waals surface area contributed by atoms with E-state index in [4.69, 9.17) is 37.2 Å². The number of aromatic nitrogens is 9. The highest BCUT2D eigenvalue weighted by atomic mass is 79.9. The van der Waals surface area contributed by atoms with Crippen molar-refractivity contribution < 1.29 is 38.1 Å². The van der Waals surface area contributed by atoms with Gasteiger partial charge < -0.3 is 18.9 Å². The predicted octanol–water partition coefficient (Wildman–Crippen LogP) is 11.7. The van der Waals surface area contributed by atoms with Gasteiger partial charge in [0, 0.05) is 32.9 Å². The van der Waals surface area contributed by atoms with Crippen LogP contribution < -0.4 is 0 Å². The number of rotatable bonds is 29. The zero-order chi connectivity index (χ0) is 57.9. The Bertz CT molecular complexity index is 2380. The Hall–Kier alpha value is -5.29. The van der Waals surface area contributed by atoms with Crippen LogP contribution in [0.4, 0.5) is 0 Å². The number of carbonyl (C=O) groups excluding carboxylic acids is 4. The third kappa shape index (κ3) is 27.2. The Morgan fingerprint density at radius 2 is 0.868 bits per heavy atom. The SMILES string of the molecule is C#CCOC(=O)C(C)(C)Br.CC(CCC(CCC(C)n1cc(COC(=O)C(C)(C)Br)nn1)n1cc(COC(=O)C(C)(C)Br)nn1)n1cc(COC(=O)C(C)(C)Br)nn1.CCC(CC(CC(CC)N=[N+]=[N-])N=[N+]=[N-])N=[N+]=[N-]. The van der Waals surface area contributed by atoms with Gasteiger partial charge in [-0.15, -0.1) is 21.7 Å². The molecule has 0 saturated heterocycles. The number of azide groups is 3. The van der Waals surface area contributed by atoms with Gasteiger partial charge in [0.05, 0.1) is 36.7 Å². The molecule has 3 aromatic heterocycles. The molecular formula is C46H70Br4N18O8. The lowest BCUT2D eigenvalue weighted by Gasteiger charge is -2.21. The van der Waals surface area contributed by atoms with Gasteiger partial charge in [-0.05, 0) is 137 Å². The van der Waals surface area contributed by atoms with E-state index >= 15 is 0 Å². The second-order valence-electron chi connectivity index (χ2n) is 19.3. The van der Waals surface area contributed by atoms with Gasteiger partial charge in [-0.3, -0.25) is 19.2 Å². The monoisotopic (exact) mass is 1320 g/mol. The standard InChI is InChI=1S/C30H44Br3N9O6.C9H17N9.C7H9BrO2/c1-19(40-13-21(34-37-40)16-46-25(43)28(3,4)31)9-11-24(42-15-23(36-39-42)18-48-27(45)30(7,8)33)12-10-20(2)41-14-22(35-38-41)17-47-26(44)29(5,6)32;1-3-7(13-16-10)5-9(15-18-12)6-8(4-2)14-17-11;1-4-5-10-6(9)7(2,3)8/h13-15,19-20,24H,9-12,16-18H2,1-8H3;7-9H,3-6H2,1-2H3;1H,5H2,2-3H3. The van der Waals surface area contributed by atoms with Crippen LogP contribution in [0.3, 0.4) is 0 Å². The molecule has 4 unspecified atom stereocenters. The average Bonchev–Trinajstić information content (AvgIpc) is 4.14. The van der Waals surface area contributed by atoms with Crippen molar-refractivity contribution in [3.05, 3.63) is 67.0 Å². The first-order valence-corrected chi connectivity index (χ1v) is 27.3. The van der Waals surface area contributed by atoms with E-state index in [1.807, 2.05) is 32.4 Å². The van der Waals surface area contributed by atoms with Crippen molar-refractivity contribution in [1.29, 1.82) is 0 Å². The minimum absolute atomic E-state index is 0.00449. The van der Waals surface area contributed by atoms with E-state index < -0.39 is 23.3 Å². The fourth-order valence-electron chi connectivity index (χ4n) is 6.13. The molecule has 0 N–H and O–H groups in total. The Kier molecular flexibility index (Phi) is 30.5. The average molecular weight is 1320 g/mol. The van der Waals surface area contributed by atoms with Crippen LogP contribution >= 0.6 is 63.7 Å². The molecule has 26 nitrogen and oxygen atoms in total. The number of nitrogens with zero attached hydrogens (tertiary/aromatic N) is 18. The topological polar surface area (TPSA) is 344 Å². The fourth-order valence-corrected chi connectivity index (χ4v) is 6.59. The lowest BCUT2D eigenvalue weighted by atomic mass is 9.99. The third-order valence-electron chi connectivity index (χ3n) is 10.7. The van der Waals surface area contributed by atoms with Crippen LogP contribution in [0, 0.1) is 12.3 Å². The number of alkyl halides is 4. The lowest BCUT2D eigenvalue weighted by molar-refractivity contribution is -0.147. The molecule has 3 aromatic rings. The van der Waals surface area contributed by atoms with Gasteiger partial charge in [0.1, 0.15) is 54.2 Å². The van der Waals surface area contributed by atoms with Crippen LogP contribution in [-0.2, 0) is 57.9 Å². The second-order valence-corrected chi connectivity index (χ2v) is 27.3. The van der Waals surface area contributed by atoms with E-state index in [-0.39, 0.29) is 80.6 Å². The number of esters is 4. The highest BCUT2D eigenvalue weighted by Crippen LogP contribution is 2.28. The molecule has 0 amide bonds. The van der Waals surface area contributed by atoms with Crippen LogP contribution in [0.2, 0.25) is 0 Å². The first kappa shape index (κ1) is 68.7. The molecule has 0 bridgehead atoms. The molecule has 3 rings (SSSR count). The van der Waals surface area contributed by atoms with Crippen LogP contribution in [0.5, 0.6) is 0 Å². The van der Waals surface area contributed by atoms with Gasteiger partial charge >= 0.3 is 23.9 Å². The number of halogens is 4. The maximum Gasteiger partial charge on any atom is 0.323 e. The summed E-state index contributed by atoms with van der Waals surface area (Å²) >= 11 is 13.0. The van der Waals surface area contributed by atoms with E-state index in [9.17, 15) is 19.2 Å². The number of hydrogen-bond donors (Lipinski definition) is 0. The Morgan fingerprint density at radius 1 is 0.566 bits per heavy atom. The molecule has 4 atom stereocenters. The smallest absolute Gasteiger partial charge is 0.323 e. The van der Waals surface area contributed by atoms with Crippen LogP contribution in [0.15, 0.2) is 33.9 Å². The molecule has 420 valence electrons. The van der Waals surface area contributed by atoms with E-state index in [2.05, 4.69) is 135 Å². The fraction of sp³-hybridized carbons (Fsp3) is 0.739. The summed E-state index contributed by atoms with van der Waals surface area (Å²) in [5.41, 5.74) is 27.0. The predicted molar refractivity (Wildman–Crippen MR) is 297 cm³/mol. The first-order valence-electron chi connectivity index (χ1n) is 24.2. The summed E-state index contributed by atoms with van der Waals surface area (Å²) in [5, 5.41) is 36.4. The number of carbonyl (C=O) groups is 4. The molecular weight excluding hydrogens is 1250 g/mol. The maximum absolute atomic E-state index is 12.2. The number of hydrogen-bond acceptors (Lipinski definition) is 17. The lowest BCUT2D eigenvalue weighted by Crippen LogP contribution is -2.26. The van der Waals surface area contributed by atoms with Gasteiger partial charge in [-0.1, -0.05) is 114 Å². The molecule has 0 fully saturated rings. The summed E-state index contributed by atoms with van der Waals surface area (Å²) < 4.78 is 23.0. The Morgan fingerprint density at radius 3 is 1.17 bits per heavy atom. The quantitative estimate of drug-likeness (QED) is 0.0119. The summed E-state index contributed by atoms with van der Waals surface area (Å²) in [5.74, 6) is 0.699. The van der Waals surface area contributed by atoms with Crippen molar-refractivity contribution in [3.8, 4) is 12.3 Å². The minimum Gasteiger partial charge on any atom is -0.458 e. The molecule has 30 heteroatoms. The molecule has 0 radical (unpaired) electrons. The molecule has 0 aliphatic carbocycles. The molecule has 0 aliphatic rings. The van der Waals surface area contributed by atoms with Crippen molar-refractivity contribution in [1.82, 2.24) is 45.0 Å². The molecule has 3 heterocycles.